The zero-order chi connectivity index (χ0) is 12.1. The molecule has 0 spiro atoms. The first-order chi connectivity index (χ1) is 8.24. The smallest absolute Gasteiger partial charge is 0.238 e. The highest BCUT2D eigenvalue weighted by Crippen LogP contribution is 2.09. The number of hydrogen-bond donors (Lipinski definition) is 1. The van der Waals surface area contributed by atoms with Crippen molar-refractivity contribution in [3.63, 3.8) is 0 Å². The topological polar surface area (TPSA) is 41.6 Å². The summed E-state index contributed by atoms with van der Waals surface area (Å²) in [7, 11) is 0. The van der Waals surface area contributed by atoms with E-state index in [9.17, 15) is 4.79 Å². The van der Waals surface area contributed by atoms with E-state index in [2.05, 4.69) is 10.2 Å². The van der Waals surface area contributed by atoms with Gasteiger partial charge in [0.1, 0.15) is 0 Å². The minimum atomic E-state index is 0.0394. The Morgan fingerprint density at radius 2 is 2.18 bits per heavy atom. The third-order valence-corrected chi connectivity index (χ3v) is 2.77. The molecule has 1 aliphatic rings. The Labute approximate surface area is 102 Å². The first-order valence-electron chi connectivity index (χ1n) is 5.91. The number of carbonyl (C=O) groups is 1. The monoisotopic (exact) mass is 234 g/mol. The summed E-state index contributed by atoms with van der Waals surface area (Å²) >= 11 is 0. The molecule has 0 bridgehead atoms. The first-order valence-corrected chi connectivity index (χ1v) is 5.91. The zero-order valence-electron chi connectivity index (χ0n) is 10.1. The zero-order valence-corrected chi connectivity index (χ0v) is 10.1. The Kier molecular flexibility index (Phi) is 4.12. The summed E-state index contributed by atoms with van der Waals surface area (Å²) < 4.78 is 5.24. The quantitative estimate of drug-likeness (QED) is 0.856. The molecule has 4 heteroatoms. The first kappa shape index (κ1) is 12.1. The van der Waals surface area contributed by atoms with Crippen LogP contribution in [0.4, 0.5) is 5.69 Å². The average Bonchev–Trinajstić information content (AvgIpc) is 2.30. The number of carbonyl (C=O) groups excluding carboxylic acids is 1. The van der Waals surface area contributed by atoms with Crippen LogP contribution in [0.1, 0.15) is 5.56 Å². The van der Waals surface area contributed by atoms with Crippen LogP contribution < -0.4 is 5.32 Å². The molecule has 92 valence electrons. The molecular formula is C13H18N2O2. The van der Waals surface area contributed by atoms with E-state index < -0.39 is 0 Å². The number of hydrogen-bond acceptors (Lipinski definition) is 3. The number of aryl methyl sites for hydroxylation is 1. The fraction of sp³-hybridized carbons (Fsp3) is 0.462. The van der Waals surface area contributed by atoms with E-state index in [-0.39, 0.29) is 5.91 Å². The van der Waals surface area contributed by atoms with Gasteiger partial charge in [-0.25, -0.2) is 0 Å². The van der Waals surface area contributed by atoms with Crippen LogP contribution in [0, 0.1) is 6.92 Å². The van der Waals surface area contributed by atoms with Gasteiger partial charge in [-0.3, -0.25) is 9.69 Å². The highest BCUT2D eigenvalue weighted by atomic mass is 16.5. The van der Waals surface area contributed by atoms with Crippen LogP contribution in [-0.2, 0) is 9.53 Å². The molecule has 17 heavy (non-hydrogen) atoms. The Morgan fingerprint density at radius 1 is 1.41 bits per heavy atom. The summed E-state index contributed by atoms with van der Waals surface area (Å²) in [6.45, 7) is 5.56. The van der Waals surface area contributed by atoms with Crippen molar-refractivity contribution >= 4 is 11.6 Å². The molecule has 1 heterocycles. The van der Waals surface area contributed by atoms with Gasteiger partial charge in [-0.1, -0.05) is 12.1 Å². The summed E-state index contributed by atoms with van der Waals surface area (Å²) in [5.41, 5.74) is 2.01. The van der Waals surface area contributed by atoms with Crippen LogP contribution in [-0.4, -0.2) is 43.7 Å². The molecule has 1 aliphatic heterocycles. The van der Waals surface area contributed by atoms with Crippen LogP contribution >= 0.6 is 0 Å². The van der Waals surface area contributed by atoms with E-state index in [1.165, 1.54) is 0 Å². The van der Waals surface area contributed by atoms with Crippen molar-refractivity contribution in [2.75, 3.05) is 38.2 Å². The largest absolute Gasteiger partial charge is 0.379 e. The number of morpholine rings is 1. The van der Waals surface area contributed by atoms with Gasteiger partial charge in [0.25, 0.3) is 0 Å². The Bertz CT molecular complexity index is 387. The van der Waals surface area contributed by atoms with Gasteiger partial charge >= 0.3 is 0 Å². The van der Waals surface area contributed by atoms with Crippen LogP contribution in [0.5, 0.6) is 0 Å². The maximum absolute atomic E-state index is 11.8. The van der Waals surface area contributed by atoms with Crippen LogP contribution in [0.25, 0.3) is 0 Å². The summed E-state index contributed by atoms with van der Waals surface area (Å²) in [6.07, 6.45) is 0. The molecule has 1 aromatic rings. The second kappa shape index (κ2) is 5.80. The molecule has 0 aliphatic carbocycles. The lowest BCUT2D eigenvalue weighted by Crippen LogP contribution is -2.41. The molecule has 1 fully saturated rings. The van der Waals surface area contributed by atoms with E-state index in [1.807, 2.05) is 31.2 Å². The number of ether oxygens (including phenoxy) is 1. The van der Waals surface area contributed by atoms with Crippen molar-refractivity contribution in [1.82, 2.24) is 4.90 Å². The minimum Gasteiger partial charge on any atom is -0.379 e. The number of amides is 1. The van der Waals surface area contributed by atoms with Gasteiger partial charge in [0.15, 0.2) is 0 Å². The number of benzene rings is 1. The van der Waals surface area contributed by atoms with Gasteiger partial charge in [0, 0.05) is 18.8 Å². The van der Waals surface area contributed by atoms with Crippen LogP contribution in [0.3, 0.4) is 0 Å². The van der Waals surface area contributed by atoms with E-state index in [0.29, 0.717) is 6.54 Å². The number of nitrogens with zero attached hydrogens (tertiary/aromatic N) is 1. The van der Waals surface area contributed by atoms with Crippen molar-refractivity contribution in [3.05, 3.63) is 29.8 Å². The van der Waals surface area contributed by atoms with E-state index in [0.717, 1.165) is 37.6 Å². The van der Waals surface area contributed by atoms with Crippen molar-refractivity contribution < 1.29 is 9.53 Å². The van der Waals surface area contributed by atoms with Gasteiger partial charge in [-0.2, -0.15) is 0 Å². The molecule has 4 nitrogen and oxygen atoms in total. The Hall–Kier alpha value is -1.39. The van der Waals surface area contributed by atoms with Gasteiger partial charge in [-0.05, 0) is 24.6 Å². The van der Waals surface area contributed by atoms with Crippen LogP contribution in [0.2, 0.25) is 0 Å². The van der Waals surface area contributed by atoms with Crippen molar-refractivity contribution in [1.29, 1.82) is 0 Å². The molecule has 0 saturated carbocycles. The molecule has 1 saturated heterocycles. The lowest BCUT2D eigenvalue weighted by Gasteiger charge is -2.25. The third kappa shape index (κ3) is 3.84. The fourth-order valence-electron chi connectivity index (χ4n) is 1.89. The second-order valence-electron chi connectivity index (χ2n) is 4.31. The molecule has 1 aromatic carbocycles. The number of rotatable bonds is 3. The Morgan fingerprint density at radius 3 is 2.88 bits per heavy atom. The van der Waals surface area contributed by atoms with Crippen LogP contribution in [0.15, 0.2) is 24.3 Å². The fourth-order valence-corrected chi connectivity index (χ4v) is 1.89. The summed E-state index contributed by atoms with van der Waals surface area (Å²) in [4.78, 5) is 13.9. The van der Waals surface area contributed by atoms with Crippen molar-refractivity contribution in [3.8, 4) is 0 Å². The number of nitrogens with one attached hydrogen (secondary N) is 1. The van der Waals surface area contributed by atoms with E-state index in [1.54, 1.807) is 0 Å². The normalized spacial score (nSPS) is 16.8. The molecule has 0 aromatic heterocycles. The van der Waals surface area contributed by atoms with Crippen molar-refractivity contribution in [2.24, 2.45) is 0 Å². The van der Waals surface area contributed by atoms with Crippen molar-refractivity contribution in [2.45, 2.75) is 6.92 Å². The van der Waals surface area contributed by atoms with Gasteiger partial charge in [-0.15, -0.1) is 0 Å². The average molecular weight is 234 g/mol. The second-order valence-corrected chi connectivity index (χ2v) is 4.31. The maximum atomic E-state index is 11.8. The Balaban J connectivity index is 1.84. The molecule has 2 rings (SSSR count). The van der Waals surface area contributed by atoms with E-state index in [4.69, 9.17) is 4.74 Å². The molecule has 0 atom stereocenters. The minimum absolute atomic E-state index is 0.0394. The molecule has 1 N–H and O–H groups in total. The third-order valence-electron chi connectivity index (χ3n) is 2.77. The highest BCUT2D eigenvalue weighted by Gasteiger charge is 2.13. The highest BCUT2D eigenvalue weighted by molar-refractivity contribution is 5.92. The lowest BCUT2D eigenvalue weighted by atomic mass is 10.2. The maximum Gasteiger partial charge on any atom is 0.238 e. The summed E-state index contributed by atoms with van der Waals surface area (Å²) in [5, 5.41) is 2.91. The number of anilines is 1. The molecular weight excluding hydrogens is 216 g/mol. The summed E-state index contributed by atoms with van der Waals surface area (Å²) in [5.74, 6) is 0.0394. The SMILES string of the molecule is Cc1cccc(NC(=O)CN2CCOCC2)c1. The standard InChI is InChI=1S/C13H18N2O2/c1-11-3-2-4-12(9-11)14-13(16)10-15-5-7-17-8-6-15/h2-4,9H,5-8,10H2,1H3,(H,14,16). The predicted molar refractivity (Wildman–Crippen MR) is 67.1 cm³/mol. The predicted octanol–water partition coefficient (Wildman–Crippen LogP) is 1.27. The van der Waals surface area contributed by atoms with E-state index >= 15 is 0 Å². The molecule has 1 amide bonds. The van der Waals surface area contributed by atoms with Gasteiger partial charge in [0.05, 0.1) is 19.8 Å². The lowest BCUT2D eigenvalue weighted by molar-refractivity contribution is -0.118. The molecule has 0 unspecified atom stereocenters. The summed E-state index contributed by atoms with van der Waals surface area (Å²) in [6, 6.07) is 7.83. The molecule has 0 radical (unpaired) electrons. The van der Waals surface area contributed by atoms with Gasteiger partial charge < -0.3 is 10.1 Å². The van der Waals surface area contributed by atoms with Gasteiger partial charge in [0.2, 0.25) is 5.91 Å².